The van der Waals surface area contributed by atoms with Crippen molar-refractivity contribution in [1.82, 2.24) is 4.98 Å². The molecule has 0 bridgehead atoms. The van der Waals surface area contributed by atoms with Gasteiger partial charge in [0.2, 0.25) is 0 Å². The highest BCUT2D eigenvalue weighted by Crippen LogP contribution is 2.33. The molecular weight excluding hydrogens is 237 g/mol. The van der Waals surface area contributed by atoms with Gasteiger partial charge in [-0.25, -0.2) is 9.37 Å². The molecule has 5 heteroatoms. The van der Waals surface area contributed by atoms with E-state index in [0.717, 1.165) is 22.9 Å². The van der Waals surface area contributed by atoms with Gasteiger partial charge < -0.3 is 10.6 Å². The van der Waals surface area contributed by atoms with Gasteiger partial charge in [-0.2, -0.15) is 0 Å². The van der Waals surface area contributed by atoms with Crippen molar-refractivity contribution in [2.45, 2.75) is 19.3 Å². The molecule has 90 valence electrons. The first-order valence-electron chi connectivity index (χ1n) is 5.84. The molecule has 1 aliphatic heterocycles. The van der Waals surface area contributed by atoms with Crippen molar-refractivity contribution in [2.24, 2.45) is 0 Å². The molecule has 0 aliphatic carbocycles. The van der Waals surface area contributed by atoms with E-state index in [1.54, 1.807) is 6.07 Å². The van der Waals surface area contributed by atoms with E-state index in [2.05, 4.69) is 9.88 Å². The van der Waals surface area contributed by atoms with E-state index in [4.69, 9.17) is 5.73 Å². The number of thiazole rings is 1. The number of nitrogens with two attached hydrogens (primary N) is 1. The van der Waals surface area contributed by atoms with Crippen molar-refractivity contribution in [2.75, 3.05) is 23.7 Å². The summed E-state index contributed by atoms with van der Waals surface area (Å²) in [7, 11) is 0. The summed E-state index contributed by atoms with van der Waals surface area (Å²) >= 11 is 1.53. The van der Waals surface area contributed by atoms with Gasteiger partial charge in [0.25, 0.3) is 0 Å². The monoisotopic (exact) mass is 251 g/mol. The summed E-state index contributed by atoms with van der Waals surface area (Å²) in [5.74, 6) is -0.320. The molecule has 1 aromatic carbocycles. The summed E-state index contributed by atoms with van der Waals surface area (Å²) in [4.78, 5) is 6.63. The molecule has 0 unspecified atom stereocenters. The van der Waals surface area contributed by atoms with Gasteiger partial charge in [0, 0.05) is 18.8 Å². The van der Waals surface area contributed by atoms with Crippen molar-refractivity contribution in [3.05, 3.63) is 17.9 Å². The van der Waals surface area contributed by atoms with Crippen LogP contribution in [-0.4, -0.2) is 18.1 Å². The van der Waals surface area contributed by atoms with Gasteiger partial charge in [0.05, 0.1) is 4.70 Å². The Morgan fingerprint density at radius 2 is 2.00 bits per heavy atom. The van der Waals surface area contributed by atoms with Crippen LogP contribution in [0.2, 0.25) is 0 Å². The summed E-state index contributed by atoms with van der Waals surface area (Å²) < 4.78 is 14.5. The smallest absolute Gasteiger partial charge is 0.186 e. The molecule has 0 spiro atoms. The van der Waals surface area contributed by atoms with Gasteiger partial charge in [0.15, 0.2) is 10.9 Å². The quantitative estimate of drug-likeness (QED) is 0.792. The van der Waals surface area contributed by atoms with Gasteiger partial charge in [-0.15, -0.1) is 0 Å². The summed E-state index contributed by atoms with van der Waals surface area (Å²) in [6.45, 7) is 2.05. The van der Waals surface area contributed by atoms with Gasteiger partial charge in [-0.3, -0.25) is 0 Å². The van der Waals surface area contributed by atoms with Crippen LogP contribution in [0.15, 0.2) is 12.1 Å². The average molecular weight is 251 g/mol. The van der Waals surface area contributed by atoms with Gasteiger partial charge in [0.1, 0.15) is 5.52 Å². The van der Waals surface area contributed by atoms with Crippen molar-refractivity contribution in [1.29, 1.82) is 0 Å². The molecule has 1 aliphatic rings. The Labute approximate surface area is 103 Å². The topological polar surface area (TPSA) is 42.1 Å². The number of nitrogen functional groups attached to an aromatic ring is 1. The van der Waals surface area contributed by atoms with E-state index in [-0.39, 0.29) is 5.82 Å². The number of benzene rings is 1. The molecule has 0 amide bonds. The molecule has 1 aromatic heterocycles. The zero-order valence-electron chi connectivity index (χ0n) is 9.45. The van der Waals surface area contributed by atoms with Crippen molar-refractivity contribution < 1.29 is 4.39 Å². The summed E-state index contributed by atoms with van der Waals surface area (Å²) in [5.41, 5.74) is 6.55. The standard InChI is InChI=1S/C12H14FN3S/c13-9-6-8(14)7-10-11(9)15-12(17-10)16-4-2-1-3-5-16/h6-7H,1-5,14H2. The molecule has 2 N–H and O–H groups in total. The molecule has 1 saturated heterocycles. The lowest BCUT2D eigenvalue weighted by atomic mass is 10.1. The van der Waals surface area contributed by atoms with Crippen LogP contribution in [0.4, 0.5) is 15.2 Å². The second-order valence-electron chi connectivity index (χ2n) is 4.39. The van der Waals surface area contributed by atoms with Crippen LogP contribution in [0.25, 0.3) is 10.2 Å². The molecule has 0 atom stereocenters. The van der Waals surface area contributed by atoms with E-state index >= 15 is 0 Å². The third-order valence-electron chi connectivity index (χ3n) is 3.09. The number of aromatic nitrogens is 1. The maximum absolute atomic E-state index is 13.7. The Morgan fingerprint density at radius 3 is 2.76 bits per heavy atom. The lowest BCUT2D eigenvalue weighted by molar-refractivity contribution is 0.577. The number of anilines is 2. The van der Waals surface area contributed by atoms with E-state index in [1.165, 1.54) is 36.7 Å². The van der Waals surface area contributed by atoms with E-state index in [0.29, 0.717) is 11.2 Å². The number of piperidine rings is 1. The number of fused-ring (bicyclic) bond motifs is 1. The number of halogens is 1. The van der Waals surface area contributed by atoms with Crippen molar-refractivity contribution in [3.8, 4) is 0 Å². The molecule has 0 saturated carbocycles. The Kier molecular flexibility index (Phi) is 2.63. The molecule has 1 fully saturated rings. The van der Waals surface area contributed by atoms with Crippen LogP contribution >= 0.6 is 11.3 Å². The predicted octanol–water partition coefficient (Wildman–Crippen LogP) is 3.01. The van der Waals surface area contributed by atoms with Crippen LogP contribution in [0.1, 0.15) is 19.3 Å². The lowest BCUT2D eigenvalue weighted by Crippen LogP contribution is -2.29. The SMILES string of the molecule is Nc1cc(F)c2nc(N3CCCCC3)sc2c1. The highest BCUT2D eigenvalue weighted by atomic mass is 32.1. The third-order valence-corrected chi connectivity index (χ3v) is 4.15. The second kappa shape index (κ2) is 4.14. The molecular formula is C12H14FN3S. The van der Waals surface area contributed by atoms with Crippen molar-refractivity contribution in [3.63, 3.8) is 0 Å². The lowest BCUT2D eigenvalue weighted by Gasteiger charge is -2.25. The highest BCUT2D eigenvalue weighted by Gasteiger charge is 2.16. The molecule has 3 nitrogen and oxygen atoms in total. The van der Waals surface area contributed by atoms with Gasteiger partial charge in [-0.05, 0) is 31.4 Å². The van der Waals surface area contributed by atoms with E-state index < -0.39 is 0 Å². The number of nitrogens with zero attached hydrogens (tertiary/aromatic N) is 2. The fraction of sp³-hybridized carbons (Fsp3) is 0.417. The van der Waals surface area contributed by atoms with Crippen LogP contribution in [0.5, 0.6) is 0 Å². The van der Waals surface area contributed by atoms with Crippen LogP contribution in [0, 0.1) is 5.82 Å². The minimum Gasteiger partial charge on any atom is -0.399 e. The number of hydrogen-bond acceptors (Lipinski definition) is 4. The molecule has 17 heavy (non-hydrogen) atoms. The van der Waals surface area contributed by atoms with Crippen LogP contribution in [-0.2, 0) is 0 Å². The molecule has 2 aromatic rings. The highest BCUT2D eigenvalue weighted by molar-refractivity contribution is 7.22. The van der Waals surface area contributed by atoms with Crippen molar-refractivity contribution >= 4 is 32.4 Å². The third kappa shape index (κ3) is 1.95. The minimum atomic E-state index is -0.320. The maximum atomic E-state index is 13.7. The predicted molar refractivity (Wildman–Crippen MR) is 70.1 cm³/mol. The first-order valence-corrected chi connectivity index (χ1v) is 6.66. The normalized spacial score (nSPS) is 16.6. The van der Waals surface area contributed by atoms with E-state index in [1.807, 2.05) is 0 Å². The Bertz CT molecular complexity index is 546. The number of hydrogen-bond donors (Lipinski definition) is 1. The Balaban J connectivity index is 2.03. The Hall–Kier alpha value is -1.36. The minimum absolute atomic E-state index is 0.320. The zero-order chi connectivity index (χ0) is 11.8. The van der Waals surface area contributed by atoms with E-state index in [9.17, 15) is 4.39 Å². The molecule has 0 radical (unpaired) electrons. The zero-order valence-corrected chi connectivity index (χ0v) is 10.3. The first kappa shape index (κ1) is 10.8. The van der Waals surface area contributed by atoms with Gasteiger partial charge >= 0.3 is 0 Å². The molecule has 3 rings (SSSR count). The molecule has 2 heterocycles. The fourth-order valence-electron chi connectivity index (χ4n) is 2.22. The summed E-state index contributed by atoms with van der Waals surface area (Å²) in [5, 5.41) is 0.921. The first-order chi connectivity index (χ1) is 8.24. The fourth-order valence-corrected chi connectivity index (χ4v) is 3.30. The Morgan fingerprint density at radius 1 is 1.24 bits per heavy atom. The van der Waals surface area contributed by atoms with Crippen LogP contribution < -0.4 is 10.6 Å². The largest absolute Gasteiger partial charge is 0.399 e. The van der Waals surface area contributed by atoms with Gasteiger partial charge in [-0.1, -0.05) is 11.3 Å². The maximum Gasteiger partial charge on any atom is 0.186 e. The second-order valence-corrected chi connectivity index (χ2v) is 5.40. The summed E-state index contributed by atoms with van der Waals surface area (Å²) in [6.07, 6.45) is 3.67. The average Bonchev–Trinajstić information content (AvgIpc) is 2.74. The van der Waals surface area contributed by atoms with Crippen LogP contribution in [0.3, 0.4) is 0 Å². The summed E-state index contributed by atoms with van der Waals surface area (Å²) in [6, 6.07) is 3.13. The number of rotatable bonds is 1.